The Hall–Kier alpha value is -2.18. The van der Waals surface area contributed by atoms with Crippen LogP contribution >= 0.6 is 0 Å². The van der Waals surface area contributed by atoms with Gasteiger partial charge < -0.3 is 15.2 Å². The summed E-state index contributed by atoms with van der Waals surface area (Å²) in [6, 6.07) is 0.0490. The van der Waals surface area contributed by atoms with Crippen molar-refractivity contribution in [3.8, 4) is 0 Å². The number of hydrogen-bond donors (Lipinski definition) is 2. The zero-order valence-electron chi connectivity index (χ0n) is 15.5. The minimum absolute atomic E-state index is 0.0490. The van der Waals surface area contributed by atoms with E-state index in [9.17, 15) is 4.79 Å². The lowest BCUT2D eigenvalue weighted by atomic mass is 9.59. The van der Waals surface area contributed by atoms with Crippen LogP contribution in [-0.2, 0) is 4.79 Å². The zero-order valence-corrected chi connectivity index (χ0v) is 15.5. The van der Waals surface area contributed by atoms with Crippen LogP contribution in [0.1, 0.15) is 57.6 Å². The van der Waals surface area contributed by atoms with Gasteiger partial charge in [0.05, 0.1) is 5.69 Å². The molecular weight excluding hydrogens is 330 g/mol. The van der Waals surface area contributed by atoms with Gasteiger partial charge in [-0.25, -0.2) is 4.98 Å². The molecule has 2 aromatic rings. The highest BCUT2D eigenvalue weighted by Crippen LogP contribution is 2.52. The Morgan fingerprint density at radius 1 is 1.31 bits per heavy atom. The fraction of sp³-hybridized carbons (Fsp3) is 0.684. The molecule has 7 heteroatoms. The molecule has 0 aromatic carbocycles. The quantitative estimate of drug-likeness (QED) is 0.853. The fourth-order valence-corrected chi connectivity index (χ4v) is 4.38. The third-order valence-electron chi connectivity index (χ3n) is 6.24. The lowest BCUT2D eigenvalue weighted by Gasteiger charge is -2.46. The van der Waals surface area contributed by atoms with E-state index < -0.39 is 0 Å². The minimum Gasteiger partial charge on any atom is -0.365 e. The molecule has 0 bridgehead atoms. The van der Waals surface area contributed by atoms with Crippen LogP contribution in [0.4, 0.5) is 5.82 Å². The molecule has 2 heterocycles. The van der Waals surface area contributed by atoms with Crippen molar-refractivity contribution in [1.29, 1.82) is 0 Å². The van der Waals surface area contributed by atoms with E-state index >= 15 is 0 Å². The van der Waals surface area contributed by atoms with Crippen molar-refractivity contribution in [2.45, 2.75) is 64.8 Å². The third kappa shape index (κ3) is 3.27. The first-order valence-corrected chi connectivity index (χ1v) is 9.68. The molecule has 0 radical (unpaired) electrons. The van der Waals surface area contributed by atoms with Crippen LogP contribution in [0.5, 0.6) is 0 Å². The summed E-state index contributed by atoms with van der Waals surface area (Å²) < 4.78 is 5.17. The number of aryl methyl sites for hydroxylation is 1. The number of anilines is 1. The molecule has 1 spiro atoms. The predicted molar refractivity (Wildman–Crippen MR) is 98.7 cm³/mol. The van der Waals surface area contributed by atoms with Gasteiger partial charge >= 0.3 is 0 Å². The summed E-state index contributed by atoms with van der Waals surface area (Å²) in [7, 11) is 0. The molecule has 2 fully saturated rings. The summed E-state index contributed by atoms with van der Waals surface area (Å²) in [5.74, 6) is 1.07. The zero-order chi connectivity index (χ0) is 18.1. The molecule has 1 atom stereocenters. The Balaban J connectivity index is 1.29. The van der Waals surface area contributed by atoms with E-state index in [1.165, 1.54) is 38.4 Å². The standard InChI is InChI=1S/C19H27N5O2/c1-12(23-16-15-13(2)24-26-18(15)22-11-21-16)10-20-17(25)14-4-8-19(9-5-14)6-3-7-19/h11-12,14H,3-10H2,1-2H3,(H,20,25)(H,21,22,23). The normalized spacial score (nSPS) is 20.7. The van der Waals surface area contributed by atoms with Gasteiger partial charge in [-0.05, 0) is 57.8 Å². The second kappa shape index (κ2) is 6.85. The number of hydrogen-bond acceptors (Lipinski definition) is 6. The summed E-state index contributed by atoms with van der Waals surface area (Å²) in [6.45, 7) is 4.46. The van der Waals surface area contributed by atoms with Crippen LogP contribution in [-0.4, -0.2) is 33.6 Å². The maximum absolute atomic E-state index is 12.5. The highest BCUT2D eigenvalue weighted by Gasteiger charge is 2.41. The molecule has 2 aliphatic carbocycles. The topological polar surface area (TPSA) is 92.9 Å². The number of nitrogens with one attached hydrogen (secondary N) is 2. The van der Waals surface area contributed by atoms with Crippen LogP contribution in [0.2, 0.25) is 0 Å². The predicted octanol–water partition coefficient (Wildman–Crippen LogP) is 3.20. The number of amides is 1. The number of fused-ring (bicyclic) bond motifs is 1. The smallest absolute Gasteiger partial charge is 0.263 e. The maximum Gasteiger partial charge on any atom is 0.263 e. The van der Waals surface area contributed by atoms with Gasteiger partial charge in [-0.1, -0.05) is 11.6 Å². The third-order valence-corrected chi connectivity index (χ3v) is 6.24. The number of rotatable bonds is 5. The summed E-state index contributed by atoms with van der Waals surface area (Å²) >= 11 is 0. The molecular formula is C19H27N5O2. The molecule has 2 aliphatic rings. The van der Waals surface area contributed by atoms with Gasteiger partial charge in [-0.2, -0.15) is 4.98 Å². The van der Waals surface area contributed by atoms with Crippen LogP contribution < -0.4 is 10.6 Å². The van der Waals surface area contributed by atoms with Gasteiger partial charge in [0.1, 0.15) is 17.5 Å². The van der Waals surface area contributed by atoms with Crippen LogP contribution in [0, 0.1) is 18.3 Å². The first-order valence-electron chi connectivity index (χ1n) is 9.68. The molecule has 1 unspecified atom stereocenters. The molecule has 4 rings (SSSR count). The molecule has 0 aliphatic heterocycles. The highest BCUT2D eigenvalue weighted by atomic mass is 16.5. The van der Waals surface area contributed by atoms with Gasteiger partial charge in [-0.3, -0.25) is 4.79 Å². The Morgan fingerprint density at radius 3 is 2.77 bits per heavy atom. The number of aromatic nitrogens is 3. The van der Waals surface area contributed by atoms with Gasteiger partial charge in [0.25, 0.3) is 5.71 Å². The Labute approximate surface area is 153 Å². The van der Waals surface area contributed by atoms with Gasteiger partial charge in [0.2, 0.25) is 5.91 Å². The van der Waals surface area contributed by atoms with Crippen LogP contribution in [0.3, 0.4) is 0 Å². The number of carbonyl (C=O) groups is 1. The maximum atomic E-state index is 12.5. The van der Waals surface area contributed by atoms with Crippen LogP contribution in [0.15, 0.2) is 10.9 Å². The van der Waals surface area contributed by atoms with Crippen molar-refractivity contribution in [2.75, 3.05) is 11.9 Å². The molecule has 1 amide bonds. The van der Waals surface area contributed by atoms with Crippen molar-refractivity contribution in [2.24, 2.45) is 11.3 Å². The minimum atomic E-state index is 0.0490. The largest absolute Gasteiger partial charge is 0.365 e. The summed E-state index contributed by atoms with van der Waals surface area (Å²) in [4.78, 5) is 20.9. The Morgan fingerprint density at radius 2 is 2.08 bits per heavy atom. The van der Waals surface area contributed by atoms with Gasteiger partial charge in [-0.15, -0.1) is 0 Å². The summed E-state index contributed by atoms with van der Waals surface area (Å²) in [6.07, 6.45) is 10.1. The molecule has 2 aromatic heterocycles. The van der Waals surface area contributed by atoms with E-state index in [1.54, 1.807) is 0 Å². The van der Waals surface area contributed by atoms with E-state index in [2.05, 4.69) is 25.8 Å². The lowest BCUT2D eigenvalue weighted by molar-refractivity contribution is -0.127. The van der Waals surface area contributed by atoms with Crippen molar-refractivity contribution in [3.63, 3.8) is 0 Å². The van der Waals surface area contributed by atoms with Crippen molar-refractivity contribution in [3.05, 3.63) is 12.0 Å². The molecule has 2 N–H and O–H groups in total. The van der Waals surface area contributed by atoms with E-state index in [-0.39, 0.29) is 17.9 Å². The number of carbonyl (C=O) groups excluding carboxylic acids is 1. The first-order chi connectivity index (χ1) is 12.6. The van der Waals surface area contributed by atoms with Gasteiger partial charge in [0.15, 0.2) is 0 Å². The summed E-state index contributed by atoms with van der Waals surface area (Å²) in [5.41, 5.74) is 1.83. The number of nitrogens with zero attached hydrogens (tertiary/aromatic N) is 3. The fourth-order valence-electron chi connectivity index (χ4n) is 4.38. The average molecular weight is 357 g/mol. The van der Waals surface area contributed by atoms with Gasteiger partial charge in [0, 0.05) is 18.5 Å². The second-order valence-electron chi connectivity index (χ2n) is 8.09. The SMILES string of the molecule is Cc1noc2ncnc(NC(C)CNC(=O)C3CCC4(CCC4)CC3)c12. The van der Waals surface area contributed by atoms with Crippen molar-refractivity contribution >= 4 is 22.8 Å². The van der Waals surface area contributed by atoms with Crippen molar-refractivity contribution in [1.82, 2.24) is 20.4 Å². The van der Waals surface area contributed by atoms with Crippen LogP contribution in [0.25, 0.3) is 11.1 Å². The molecule has 26 heavy (non-hydrogen) atoms. The van der Waals surface area contributed by atoms with E-state index in [0.29, 0.717) is 23.5 Å². The highest BCUT2D eigenvalue weighted by molar-refractivity contribution is 5.87. The lowest BCUT2D eigenvalue weighted by Crippen LogP contribution is -2.42. The van der Waals surface area contributed by atoms with Crippen molar-refractivity contribution < 1.29 is 9.32 Å². The molecule has 140 valence electrons. The Kier molecular flexibility index (Phi) is 4.54. The first kappa shape index (κ1) is 17.2. The second-order valence-corrected chi connectivity index (χ2v) is 8.09. The Bertz CT molecular complexity index is 788. The van der Waals surface area contributed by atoms with E-state index in [1.807, 2.05) is 13.8 Å². The summed E-state index contributed by atoms with van der Waals surface area (Å²) in [5, 5.41) is 11.2. The average Bonchev–Trinajstić information content (AvgIpc) is 3.01. The van der Waals surface area contributed by atoms with E-state index in [0.717, 1.165) is 23.9 Å². The molecule has 2 saturated carbocycles. The van der Waals surface area contributed by atoms with E-state index in [4.69, 9.17) is 4.52 Å². The monoisotopic (exact) mass is 357 g/mol. The molecule has 0 saturated heterocycles. The molecule has 7 nitrogen and oxygen atoms in total.